The molecule has 0 amide bonds. The van der Waals surface area contributed by atoms with Gasteiger partial charge >= 0.3 is 17.8 Å². The molecule has 4 rings (SSSR count). The van der Waals surface area contributed by atoms with Crippen LogP contribution in [0.3, 0.4) is 0 Å². The van der Waals surface area contributed by atoms with Crippen LogP contribution in [-0.2, 0) is 31.0 Å². The lowest BCUT2D eigenvalue weighted by Gasteiger charge is -2.35. The molecule has 190 valence electrons. The Kier molecular flexibility index (Phi) is 6.87. The van der Waals surface area contributed by atoms with Crippen molar-refractivity contribution in [3.8, 4) is 0 Å². The molecule has 0 saturated carbocycles. The van der Waals surface area contributed by atoms with E-state index in [4.69, 9.17) is 14.2 Å². The van der Waals surface area contributed by atoms with Gasteiger partial charge in [0, 0.05) is 36.4 Å². The normalized spacial score (nSPS) is 19.2. The fraction of sp³-hybridized carbons (Fsp3) is 0.320. The molecule has 0 bridgehead atoms. The molecule has 0 fully saturated rings. The molecular formula is C25H23F3N2O6. The number of hydrogen-bond donors (Lipinski definition) is 1. The van der Waals surface area contributed by atoms with Crippen LogP contribution in [0.5, 0.6) is 0 Å². The molecule has 36 heavy (non-hydrogen) atoms. The van der Waals surface area contributed by atoms with E-state index in [0.29, 0.717) is 5.56 Å². The van der Waals surface area contributed by atoms with E-state index < -0.39 is 53.5 Å². The zero-order valence-electron chi connectivity index (χ0n) is 19.4. The highest BCUT2D eigenvalue weighted by molar-refractivity contribution is 5.82. The number of alkyl halides is 3. The summed E-state index contributed by atoms with van der Waals surface area (Å²) in [6.45, 7) is 0.989. The summed E-state index contributed by atoms with van der Waals surface area (Å²) in [5.41, 5.74) is -3.36. The van der Waals surface area contributed by atoms with Crippen LogP contribution < -0.4 is 11.2 Å². The highest BCUT2D eigenvalue weighted by Gasteiger charge is 2.64. The number of aryl methyl sites for hydroxylation is 1. The van der Waals surface area contributed by atoms with Crippen LogP contribution in [0.25, 0.3) is 0 Å². The fourth-order valence-electron chi connectivity index (χ4n) is 4.24. The Bertz CT molecular complexity index is 1370. The number of aromatic amines is 1. The second-order valence-electron chi connectivity index (χ2n) is 8.34. The molecule has 0 aliphatic carbocycles. The van der Waals surface area contributed by atoms with Crippen molar-refractivity contribution >= 4 is 5.97 Å². The molecule has 0 saturated heterocycles. The predicted octanol–water partition coefficient (Wildman–Crippen LogP) is 2.98. The van der Waals surface area contributed by atoms with Gasteiger partial charge in [0.05, 0.1) is 6.10 Å². The quantitative estimate of drug-likeness (QED) is 0.519. The summed E-state index contributed by atoms with van der Waals surface area (Å²) in [5.74, 6) is -1.64. The number of rotatable bonds is 6. The van der Waals surface area contributed by atoms with Gasteiger partial charge in [-0.25, -0.2) is 9.59 Å². The van der Waals surface area contributed by atoms with Crippen molar-refractivity contribution in [2.24, 2.45) is 0 Å². The molecule has 3 atom stereocenters. The summed E-state index contributed by atoms with van der Waals surface area (Å²) < 4.78 is 59.5. The zero-order valence-corrected chi connectivity index (χ0v) is 19.4. The van der Waals surface area contributed by atoms with Crippen LogP contribution in [0.1, 0.15) is 28.5 Å². The number of halogens is 3. The van der Waals surface area contributed by atoms with Gasteiger partial charge in [-0.05, 0) is 12.5 Å². The monoisotopic (exact) mass is 504 g/mol. The SMILES string of the molecule is CO[C@](C(=O)OC[C@H]1Cc2ccccc2[C@H](n2cc(C)c(=O)[nH]c2=O)O1)(c1ccccc1)C(F)(F)F. The Labute approximate surface area is 203 Å². The molecule has 2 aromatic carbocycles. The molecule has 11 heteroatoms. The first-order valence-corrected chi connectivity index (χ1v) is 11.0. The van der Waals surface area contributed by atoms with Gasteiger partial charge in [-0.2, -0.15) is 13.2 Å². The molecular weight excluding hydrogens is 481 g/mol. The van der Waals surface area contributed by atoms with Crippen LogP contribution in [0.15, 0.2) is 70.4 Å². The van der Waals surface area contributed by atoms with Crippen molar-refractivity contribution < 1.29 is 32.2 Å². The van der Waals surface area contributed by atoms with E-state index in [1.807, 2.05) is 0 Å². The first-order valence-electron chi connectivity index (χ1n) is 11.0. The maximum atomic E-state index is 14.1. The van der Waals surface area contributed by atoms with Crippen LogP contribution in [-0.4, -0.2) is 41.5 Å². The van der Waals surface area contributed by atoms with Gasteiger partial charge in [0.25, 0.3) is 11.2 Å². The topological polar surface area (TPSA) is 99.6 Å². The van der Waals surface area contributed by atoms with Crippen LogP contribution in [0.4, 0.5) is 13.2 Å². The molecule has 0 unspecified atom stereocenters. The summed E-state index contributed by atoms with van der Waals surface area (Å²) in [5, 5.41) is 0. The molecule has 1 N–H and O–H groups in total. The minimum atomic E-state index is -5.11. The number of hydrogen-bond acceptors (Lipinski definition) is 6. The first kappa shape index (κ1) is 25.4. The van der Waals surface area contributed by atoms with Crippen molar-refractivity contribution in [3.05, 3.63) is 104 Å². The smallest absolute Gasteiger partial charge is 0.432 e. The first-order chi connectivity index (χ1) is 17.1. The Morgan fingerprint density at radius 1 is 1.11 bits per heavy atom. The standard InChI is InChI=1S/C25H23F3N2O6/c1-15-13-30(23(33)29-20(15)31)21-19-11-7-6-8-16(19)12-18(36-21)14-35-22(32)24(34-2,25(26,27)28)17-9-4-3-5-10-17/h3-11,13,18,21H,12,14H2,1-2H3,(H,29,31,33)/t18-,21-,24+/m1/s1. The van der Waals surface area contributed by atoms with Crippen molar-refractivity contribution in [1.29, 1.82) is 0 Å². The molecule has 1 aliphatic heterocycles. The number of ether oxygens (including phenoxy) is 3. The van der Waals surface area contributed by atoms with E-state index in [0.717, 1.165) is 24.8 Å². The van der Waals surface area contributed by atoms with E-state index in [2.05, 4.69) is 4.98 Å². The van der Waals surface area contributed by atoms with Crippen LogP contribution >= 0.6 is 0 Å². The zero-order chi connectivity index (χ0) is 26.1. The van der Waals surface area contributed by atoms with Gasteiger partial charge < -0.3 is 14.2 Å². The highest BCUT2D eigenvalue weighted by atomic mass is 19.4. The lowest BCUT2D eigenvalue weighted by atomic mass is 9.92. The Morgan fingerprint density at radius 3 is 2.44 bits per heavy atom. The number of fused-ring (bicyclic) bond motifs is 1. The summed E-state index contributed by atoms with van der Waals surface area (Å²) in [6.07, 6.45) is -5.43. The van der Waals surface area contributed by atoms with E-state index in [9.17, 15) is 27.6 Å². The third-order valence-electron chi connectivity index (χ3n) is 6.06. The van der Waals surface area contributed by atoms with Crippen molar-refractivity contribution in [2.45, 2.75) is 37.5 Å². The van der Waals surface area contributed by atoms with Gasteiger partial charge in [-0.15, -0.1) is 0 Å². The maximum absolute atomic E-state index is 14.1. The van der Waals surface area contributed by atoms with Crippen molar-refractivity contribution in [3.63, 3.8) is 0 Å². The minimum absolute atomic E-state index is 0.217. The number of carbonyl (C=O) groups is 1. The average molecular weight is 504 g/mol. The van der Waals surface area contributed by atoms with Gasteiger partial charge in [0.15, 0.2) is 6.23 Å². The van der Waals surface area contributed by atoms with Crippen molar-refractivity contribution in [1.82, 2.24) is 9.55 Å². The number of H-pyrrole nitrogens is 1. The van der Waals surface area contributed by atoms with Crippen LogP contribution in [0, 0.1) is 6.92 Å². The molecule has 1 aromatic heterocycles. The number of methoxy groups -OCH3 is 1. The Balaban J connectivity index is 1.63. The second-order valence-corrected chi connectivity index (χ2v) is 8.34. The number of carbonyl (C=O) groups excluding carboxylic acids is 1. The van der Waals surface area contributed by atoms with Gasteiger partial charge in [0.1, 0.15) is 6.61 Å². The van der Waals surface area contributed by atoms with Crippen molar-refractivity contribution in [2.75, 3.05) is 13.7 Å². The van der Waals surface area contributed by atoms with E-state index in [1.54, 1.807) is 24.3 Å². The predicted molar refractivity (Wildman–Crippen MR) is 121 cm³/mol. The Morgan fingerprint density at radius 2 is 1.78 bits per heavy atom. The average Bonchev–Trinajstić information content (AvgIpc) is 2.85. The third kappa shape index (κ3) is 4.47. The number of nitrogens with zero attached hydrogens (tertiary/aromatic N) is 1. The second kappa shape index (κ2) is 9.75. The minimum Gasteiger partial charge on any atom is -0.460 e. The Hall–Kier alpha value is -3.70. The maximum Gasteiger partial charge on any atom is 0.432 e. The summed E-state index contributed by atoms with van der Waals surface area (Å²) in [6, 6.07) is 13.5. The number of nitrogens with one attached hydrogen (secondary N) is 1. The van der Waals surface area contributed by atoms with Gasteiger partial charge in [0.2, 0.25) is 0 Å². The highest BCUT2D eigenvalue weighted by Crippen LogP contribution is 2.43. The summed E-state index contributed by atoms with van der Waals surface area (Å²) in [7, 11) is 0.788. The largest absolute Gasteiger partial charge is 0.460 e. The van der Waals surface area contributed by atoms with E-state index >= 15 is 0 Å². The lowest BCUT2D eigenvalue weighted by Crippen LogP contribution is -2.52. The van der Waals surface area contributed by atoms with Gasteiger partial charge in [-0.3, -0.25) is 14.3 Å². The molecule has 0 spiro atoms. The molecule has 1 aliphatic rings. The molecule has 0 radical (unpaired) electrons. The van der Waals surface area contributed by atoms with E-state index in [-0.39, 0.29) is 12.0 Å². The van der Waals surface area contributed by atoms with Gasteiger partial charge in [-0.1, -0.05) is 54.6 Å². The summed E-state index contributed by atoms with van der Waals surface area (Å²) >= 11 is 0. The number of benzene rings is 2. The number of aromatic nitrogens is 2. The number of esters is 1. The van der Waals surface area contributed by atoms with Crippen LogP contribution in [0.2, 0.25) is 0 Å². The summed E-state index contributed by atoms with van der Waals surface area (Å²) in [4.78, 5) is 39.4. The fourth-order valence-corrected chi connectivity index (χ4v) is 4.24. The third-order valence-corrected chi connectivity index (χ3v) is 6.06. The molecule has 8 nitrogen and oxygen atoms in total. The molecule has 2 heterocycles. The van der Waals surface area contributed by atoms with E-state index in [1.165, 1.54) is 35.9 Å². The molecule has 3 aromatic rings. The lowest BCUT2D eigenvalue weighted by molar-refractivity contribution is -0.277.